The number of benzene rings is 2. The number of rotatable bonds is 5. The topological polar surface area (TPSA) is 21.3 Å². The third kappa shape index (κ3) is 3.02. The lowest BCUT2D eigenvalue weighted by Gasteiger charge is -2.11. The van der Waals surface area contributed by atoms with E-state index in [1.807, 2.05) is 6.07 Å². The van der Waals surface area contributed by atoms with Gasteiger partial charge in [0, 0.05) is 18.2 Å². The molecule has 0 heterocycles. The number of nitrogens with one attached hydrogen (secondary N) is 1. The summed E-state index contributed by atoms with van der Waals surface area (Å²) in [6.45, 7) is 3.06. The Kier molecular flexibility index (Phi) is 3.75. The Hall–Kier alpha value is -1.80. The summed E-state index contributed by atoms with van der Waals surface area (Å²) in [5.41, 5.74) is 4.97. The van der Waals surface area contributed by atoms with Crippen molar-refractivity contribution in [1.29, 1.82) is 0 Å². The first kappa shape index (κ1) is 13.2. The highest BCUT2D eigenvalue weighted by atomic mass is 16.5. The molecular weight excluding hydrogens is 246 g/mol. The first-order chi connectivity index (χ1) is 9.76. The summed E-state index contributed by atoms with van der Waals surface area (Å²) in [4.78, 5) is 0. The predicted octanol–water partition coefficient (Wildman–Crippen LogP) is 3.92. The van der Waals surface area contributed by atoms with E-state index >= 15 is 0 Å². The van der Waals surface area contributed by atoms with Crippen molar-refractivity contribution >= 4 is 0 Å². The normalized spacial score (nSPS) is 14.3. The van der Waals surface area contributed by atoms with Crippen LogP contribution >= 0.6 is 0 Å². The van der Waals surface area contributed by atoms with Gasteiger partial charge in [-0.1, -0.05) is 29.8 Å². The van der Waals surface area contributed by atoms with Gasteiger partial charge in [-0.25, -0.2) is 0 Å². The summed E-state index contributed by atoms with van der Waals surface area (Å²) in [5, 5.41) is 3.56. The van der Waals surface area contributed by atoms with Crippen LogP contribution in [0.3, 0.4) is 0 Å². The van der Waals surface area contributed by atoms with Crippen LogP contribution in [0.4, 0.5) is 0 Å². The fourth-order valence-corrected chi connectivity index (χ4v) is 2.45. The van der Waals surface area contributed by atoms with Crippen molar-refractivity contribution in [3.05, 3.63) is 53.6 Å². The number of ether oxygens (including phenoxy) is 1. The molecule has 2 aromatic carbocycles. The van der Waals surface area contributed by atoms with Crippen LogP contribution in [-0.2, 0) is 6.54 Å². The van der Waals surface area contributed by atoms with Crippen molar-refractivity contribution in [2.24, 2.45) is 0 Å². The smallest absolute Gasteiger partial charge is 0.126 e. The fourth-order valence-electron chi connectivity index (χ4n) is 2.45. The van der Waals surface area contributed by atoms with Crippen LogP contribution in [0.5, 0.6) is 5.75 Å². The summed E-state index contributed by atoms with van der Waals surface area (Å²) < 4.78 is 5.49. The zero-order valence-electron chi connectivity index (χ0n) is 12.1. The number of aryl methyl sites for hydroxylation is 1. The Morgan fingerprint density at radius 3 is 2.75 bits per heavy atom. The third-order valence-corrected chi connectivity index (χ3v) is 3.77. The zero-order valence-corrected chi connectivity index (χ0v) is 12.1. The molecule has 0 aliphatic heterocycles. The molecule has 2 nitrogen and oxygen atoms in total. The summed E-state index contributed by atoms with van der Waals surface area (Å²) in [6, 6.07) is 15.8. The van der Waals surface area contributed by atoms with E-state index in [0.29, 0.717) is 0 Å². The van der Waals surface area contributed by atoms with Crippen molar-refractivity contribution in [3.63, 3.8) is 0 Å². The van der Waals surface area contributed by atoms with Crippen molar-refractivity contribution in [2.75, 3.05) is 7.11 Å². The van der Waals surface area contributed by atoms with E-state index < -0.39 is 0 Å². The molecule has 2 aromatic rings. The molecule has 1 aliphatic rings. The van der Waals surface area contributed by atoms with Crippen LogP contribution in [-0.4, -0.2) is 13.2 Å². The molecule has 104 valence electrons. The highest BCUT2D eigenvalue weighted by Gasteiger charge is 2.19. The Morgan fingerprint density at radius 1 is 1.15 bits per heavy atom. The number of methoxy groups -OCH3 is 1. The van der Waals surface area contributed by atoms with Gasteiger partial charge in [-0.3, -0.25) is 0 Å². The highest BCUT2D eigenvalue weighted by molar-refractivity contribution is 5.71. The molecule has 0 unspecified atom stereocenters. The standard InChI is InChI=1S/C18H21NO/c1-13-6-9-18(20-2)17(10-13)15-5-3-4-14(11-15)12-19-16-7-8-16/h3-6,9-11,16,19H,7-8,12H2,1-2H3. The SMILES string of the molecule is COc1ccc(C)cc1-c1cccc(CNC2CC2)c1. The molecule has 1 aliphatic carbocycles. The largest absolute Gasteiger partial charge is 0.496 e. The summed E-state index contributed by atoms with van der Waals surface area (Å²) >= 11 is 0. The van der Waals surface area contributed by atoms with Gasteiger partial charge in [-0.05, 0) is 49.1 Å². The molecular formula is C18H21NO. The average molecular weight is 267 g/mol. The molecule has 20 heavy (non-hydrogen) atoms. The molecule has 1 saturated carbocycles. The Labute approximate surface area is 120 Å². The van der Waals surface area contributed by atoms with Crippen molar-refractivity contribution < 1.29 is 4.74 Å². The maximum atomic E-state index is 5.49. The summed E-state index contributed by atoms with van der Waals surface area (Å²) in [5.74, 6) is 0.933. The van der Waals surface area contributed by atoms with E-state index in [2.05, 4.69) is 48.6 Å². The molecule has 0 amide bonds. The minimum atomic E-state index is 0.743. The predicted molar refractivity (Wildman–Crippen MR) is 83.0 cm³/mol. The molecule has 0 aromatic heterocycles. The Balaban J connectivity index is 1.88. The van der Waals surface area contributed by atoms with Gasteiger partial charge in [0.25, 0.3) is 0 Å². The minimum Gasteiger partial charge on any atom is -0.496 e. The Bertz CT molecular complexity index is 602. The lowest BCUT2D eigenvalue weighted by Crippen LogP contribution is -2.15. The van der Waals surface area contributed by atoms with E-state index in [0.717, 1.165) is 18.3 Å². The van der Waals surface area contributed by atoms with E-state index in [4.69, 9.17) is 4.74 Å². The van der Waals surface area contributed by atoms with Crippen LogP contribution in [0.15, 0.2) is 42.5 Å². The zero-order chi connectivity index (χ0) is 13.9. The van der Waals surface area contributed by atoms with Gasteiger partial charge in [-0.2, -0.15) is 0 Å². The second kappa shape index (κ2) is 5.68. The van der Waals surface area contributed by atoms with Gasteiger partial charge in [0.05, 0.1) is 7.11 Å². The maximum absolute atomic E-state index is 5.49. The monoisotopic (exact) mass is 267 g/mol. The first-order valence-electron chi connectivity index (χ1n) is 7.23. The highest BCUT2D eigenvalue weighted by Crippen LogP contribution is 2.31. The summed E-state index contributed by atoms with van der Waals surface area (Å²) in [6.07, 6.45) is 2.65. The van der Waals surface area contributed by atoms with E-state index in [9.17, 15) is 0 Å². The van der Waals surface area contributed by atoms with Crippen LogP contribution < -0.4 is 10.1 Å². The minimum absolute atomic E-state index is 0.743. The third-order valence-electron chi connectivity index (χ3n) is 3.77. The summed E-state index contributed by atoms with van der Waals surface area (Å²) in [7, 11) is 1.73. The van der Waals surface area contributed by atoms with Crippen LogP contribution in [0.1, 0.15) is 24.0 Å². The van der Waals surface area contributed by atoms with Gasteiger partial charge in [0.1, 0.15) is 5.75 Å². The fraction of sp³-hybridized carbons (Fsp3) is 0.333. The quantitative estimate of drug-likeness (QED) is 0.886. The van der Waals surface area contributed by atoms with Crippen LogP contribution in [0.25, 0.3) is 11.1 Å². The van der Waals surface area contributed by atoms with Gasteiger partial charge < -0.3 is 10.1 Å². The van der Waals surface area contributed by atoms with Crippen molar-refractivity contribution in [3.8, 4) is 16.9 Å². The lowest BCUT2D eigenvalue weighted by atomic mass is 10.0. The molecule has 2 heteroatoms. The molecule has 0 spiro atoms. The second-order valence-electron chi connectivity index (χ2n) is 5.56. The molecule has 0 atom stereocenters. The molecule has 1 fully saturated rings. The first-order valence-corrected chi connectivity index (χ1v) is 7.23. The van der Waals surface area contributed by atoms with E-state index in [1.54, 1.807) is 7.11 Å². The number of hydrogen-bond donors (Lipinski definition) is 1. The molecule has 0 saturated heterocycles. The van der Waals surface area contributed by atoms with Gasteiger partial charge >= 0.3 is 0 Å². The molecule has 1 N–H and O–H groups in total. The maximum Gasteiger partial charge on any atom is 0.126 e. The second-order valence-corrected chi connectivity index (χ2v) is 5.56. The van der Waals surface area contributed by atoms with Crippen LogP contribution in [0.2, 0.25) is 0 Å². The molecule has 0 bridgehead atoms. The van der Waals surface area contributed by atoms with Gasteiger partial charge in [0.15, 0.2) is 0 Å². The Morgan fingerprint density at radius 2 is 2.00 bits per heavy atom. The van der Waals surface area contributed by atoms with Crippen LogP contribution in [0, 0.1) is 6.92 Å². The molecule has 3 rings (SSSR count). The lowest BCUT2D eigenvalue weighted by molar-refractivity contribution is 0.416. The van der Waals surface area contributed by atoms with Crippen molar-refractivity contribution in [2.45, 2.75) is 32.4 Å². The number of hydrogen-bond acceptors (Lipinski definition) is 2. The average Bonchev–Trinajstić information content (AvgIpc) is 3.30. The van der Waals surface area contributed by atoms with E-state index in [1.165, 1.54) is 35.1 Å². The van der Waals surface area contributed by atoms with Crippen molar-refractivity contribution in [1.82, 2.24) is 5.32 Å². The van der Waals surface area contributed by atoms with Gasteiger partial charge in [0.2, 0.25) is 0 Å². The van der Waals surface area contributed by atoms with Gasteiger partial charge in [-0.15, -0.1) is 0 Å². The van der Waals surface area contributed by atoms with E-state index in [-0.39, 0.29) is 0 Å². The molecule has 0 radical (unpaired) electrons.